The molecular formula is C28H21N2O2+. The van der Waals surface area contributed by atoms with Gasteiger partial charge >= 0.3 is 0 Å². The van der Waals surface area contributed by atoms with Gasteiger partial charge in [-0.2, -0.15) is 4.40 Å². The predicted octanol–water partition coefficient (Wildman–Crippen LogP) is 6.44. The molecule has 0 amide bonds. The summed E-state index contributed by atoms with van der Waals surface area (Å²) in [6.45, 7) is 2.20. The normalized spacial score (nSPS) is 12.2. The minimum atomic E-state index is 0.827. The van der Waals surface area contributed by atoms with Gasteiger partial charge < -0.3 is 9.15 Å². The fraction of sp³-hybridized carbons (Fsp3) is 0.107. The van der Waals surface area contributed by atoms with Crippen LogP contribution in [0.5, 0.6) is 5.75 Å². The molecule has 0 atom stereocenters. The van der Waals surface area contributed by atoms with Crippen molar-refractivity contribution in [3.05, 3.63) is 78.4 Å². The van der Waals surface area contributed by atoms with Gasteiger partial charge in [0.15, 0.2) is 11.0 Å². The molecule has 0 aliphatic rings. The average Bonchev–Trinajstić information content (AvgIpc) is 3.34. The number of hydrogen-bond acceptors (Lipinski definition) is 2. The van der Waals surface area contributed by atoms with E-state index in [4.69, 9.17) is 9.15 Å². The summed E-state index contributed by atoms with van der Waals surface area (Å²) in [5.41, 5.74) is 7.73. The van der Waals surface area contributed by atoms with E-state index in [0.717, 1.165) is 33.2 Å². The number of rotatable bonds is 1. The SMILES string of the molecule is COc1ccc2oc3ccc4c(c3c2c1)n1c2ccccc2c2cccc(C)c2c1[n+]4C. The van der Waals surface area contributed by atoms with Gasteiger partial charge in [-0.3, -0.25) is 0 Å². The Balaban J connectivity index is 1.88. The summed E-state index contributed by atoms with van der Waals surface area (Å²) >= 11 is 0. The summed E-state index contributed by atoms with van der Waals surface area (Å²) in [5, 5.41) is 5.99. The van der Waals surface area contributed by atoms with Crippen LogP contribution in [0.4, 0.5) is 0 Å². The van der Waals surface area contributed by atoms with Crippen molar-refractivity contribution in [2.75, 3.05) is 7.11 Å². The number of ether oxygens (including phenoxy) is 1. The summed E-state index contributed by atoms with van der Waals surface area (Å²) in [6.07, 6.45) is 0. The molecule has 0 spiro atoms. The number of methoxy groups -OCH3 is 1. The lowest BCUT2D eigenvalue weighted by molar-refractivity contribution is -0.617. The maximum absolute atomic E-state index is 6.26. The topological polar surface area (TPSA) is 30.7 Å². The predicted molar refractivity (Wildman–Crippen MR) is 130 cm³/mol. The molecule has 0 saturated carbocycles. The molecule has 0 fully saturated rings. The van der Waals surface area contributed by atoms with Crippen molar-refractivity contribution in [3.8, 4) is 5.75 Å². The van der Waals surface area contributed by atoms with Gasteiger partial charge in [-0.15, -0.1) is 0 Å². The number of furan rings is 1. The Labute approximate surface area is 183 Å². The highest BCUT2D eigenvalue weighted by Crippen LogP contribution is 2.39. The Morgan fingerprint density at radius 2 is 1.62 bits per heavy atom. The number of aromatic nitrogens is 2. The molecule has 0 N–H and O–H groups in total. The van der Waals surface area contributed by atoms with E-state index in [9.17, 15) is 0 Å². The highest BCUT2D eigenvalue weighted by atomic mass is 16.5. The second-order valence-electron chi connectivity index (χ2n) is 8.50. The first-order valence-corrected chi connectivity index (χ1v) is 10.8. The number of hydrogen-bond donors (Lipinski definition) is 0. The zero-order valence-corrected chi connectivity index (χ0v) is 18.1. The van der Waals surface area contributed by atoms with Gasteiger partial charge in [0.25, 0.3) is 5.65 Å². The van der Waals surface area contributed by atoms with Crippen LogP contribution in [0.2, 0.25) is 0 Å². The molecule has 0 unspecified atom stereocenters. The fourth-order valence-corrected chi connectivity index (χ4v) is 5.41. The third-order valence-corrected chi connectivity index (χ3v) is 6.84. The minimum Gasteiger partial charge on any atom is -0.497 e. The third-order valence-electron chi connectivity index (χ3n) is 6.84. The van der Waals surface area contributed by atoms with Crippen LogP contribution in [0.3, 0.4) is 0 Å². The number of aryl methyl sites for hydroxylation is 2. The molecule has 7 aromatic rings. The molecule has 0 aliphatic heterocycles. The first-order chi connectivity index (χ1) is 15.7. The number of fused-ring (bicyclic) bond motifs is 12. The number of nitrogens with zero attached hydrogens (tertiary/aromatic N) is 2. The van der Waals surface area contributed by atoms with E-state index in [1.165, 1.54) is 38.4 Å². The van der Waals surface area contributed by atoms with E-state index in [1.54, 1.807) is 7.11 Å². The zero-order chi connectivity index (χ0) is 21.6. The summed E-state index contributed by atoms with van der Waals surface area (Å²) in [7, 11) is 3.86. The van der Waals surface area contributed by atoms with Crippen molar-refractivity contribution in [3.63, 3.8) is 0 Å². The van der Waals surface area contributed by atoms with Crippen molar-refractivity contribution >= 4 is 60.3 Å². The molecule has 0 bridgehead atoms. The summed E-state index contributed by atoms with van der Waals surface area (Å²) in [6, 6.07) is 25.5. The Kier molecular flexibility index (Phi) is 3.31. The second kappa shape index (κ2) is 6.01. The Morgan fingerprint density at radius 1 is 0.812 bits per heavy atom. The molecule has 0 radical (unpaired) electrons. The van der Waals surface area contributed by atoms with Gasteiger partial charge in [0.05, 0.1) is 24.9 Å². The van der Waals surface area contributed by atoms with Gasteiger partial charge in [0, 0.05) is 16.2 Å². The molecular weight excluding hydrogens is 396 g/mol. The molecule has 154 valence electrons. The quantitative estimate of drug-likeness (QED) is 0.227. The number of benzene rings is 4. The van der Waals surface area contributed by atoms with Crippen LogP contribution in [0.15, 0.2) is 77.2 Å². The number of pyridine rings is 1. The van der Waals surface area contributed by atoms with Crippen molar-refractivity contribution < 1.29 is 13.7 Å². The van der Waals surface area contributed by atoms with Crippen molar-refractivity contribution in [1.29, 1.82) is 0 Å². The first-order valence-electron chi connectivity index (χ1n) is 10.8. The van der Waals surface area contributed by atoms with Gasteiger partial charge in [0.1, 0.15) is 22.4 Å². The second-order valence-corrected chi connectivity index (χ2v) is 8.50. The van der Waals surface area contributed by atoms with Gasteiger partial charge in [0.2, 0.25) is 0 Å². The number of para-hydroxylation sites is 1. The zero-order valence-electron chi connectivity index (χ0n) is 18.1. The van der Waals surface area contributed by atoms with Gasteiger partial charge in [-0.05, 0) is 48.9 Å². The summed E-state index contributed by atoms with van der Waals surface area (Å²) < 4.78 is 16.5. The molecule has 0 saturated heterocycles. The highest BCUT2D eigenvalue weighted by molar-refractivity contribution is 6.20. The van der Waals surface area contributed by atoms with Crippen LogP contribution >= 0.6 is 0 Å². The molecule has 7 rings (SSSR count). The Morgan fingerprint density at radius 3 is 2.50 bits per heavy atom. The van der Waals surface area contributed by atoms with Crippen molar-refractivity contribution in [2.24, 2.45) is 7.05 Å². The summed E-state index contributed by atoms with van der Waals surface area (Å²) in [5.74, 6) is 0.827. The van der Waals surface area contributed by atoms with E-state index in [2.05, 4.69) is 83.6 Å². The Hall–Kier alpha value is -4.05. The Bertz CT molecular complexity index is 1890. The molecule has 4 aromatic carbocycles. The first kappa shape index (κ1) is 17.6. The van der Waals surface area contributed by atoms with Crippen LogP contribution in [-0.2, 0) is 7.05 Å². The maximum Gasteiger partial charge on any atom is 0.295 e. The summed E-state index contributed by atoms with van der Waals surface area (Å²) in [4.78, 5) is 0. The van der Waals surface area contributed by atoms with Crippen LogP contribution < -0.4 is 9.30 Å². The molecule has 4 nitrogen and oxygen atoms in total. The smallest absolute Gasteiger partial charge is 0.295 e. The lowest BCUT2D eigenvalue weighted by atomic mass is 10.0. The molecule has 32 heavy (non-hydrogen) atoms. The van der Waals surface area contributed by atoms with E-state index >= 15 is 0 Å². The molecule has 4 heteroatoms. The number of imidazole rings is 1. The standard InChI is InChI=1S/C28H21N2O2/c1-16-7-6-9-19-18-8-4-5-10-21(18)30-27-22(29(2)28(30)25(16)19)12-14-24-26(27)20-15-17(31-3)11-13-23(20)32-24/h4-15H,1-3H3/q+1. The van der Waals surface area contributed by atoms with E-state index in [0.29, 0.717) is 0 Å². The lowest BCUT2D eigenvalue weighted by Gasteiger charge is -2.07. The van der Waals surface area contributed by atoms with E-state index in [1.807, 2.05) is 12.1 Å². The lowest BCUT2D eigenvalue weighted by Crippen LogP contribution is -2.27. The molecule has 3 aromatic heterocycles. The minimum absolute atomic E-state index is 0.827. The van der Waals surface area contributed by atoms with Crippen molar-refractivity contribution in [2.45, 2.75) is 6.92 Å². The highest BCUT2D eigenvalue weighted by Gasteiger charge is 2.27. The van der Waals surface area contributed by atoms with E-state index in [-0.39, 0.29) is 0 Å². The monoisotopic (exact) mass is 417 g/mol. The van der Waals surface area contributed by atoms with Crippen molar-refractivity contribution in [1.82, 2.24) is 4.40 Å². The van der Waals surface area contributed by atoms with Crippen LogP contribution in [0.25, 0.3) is 60.3 Å². The third kappa shape index (κ3) is 2.04. The van der Waals surface area contributed by atoms with Crippen LogP contribution in [0.1, 0.15) is 5.56 Å². The largest absolute Gasteiger partial charge is 0.497 e. The molecule has 0 aliphatic carbocycles. The van der Waals surface area contributed by atoms with E-state index < -0.39 is 0 Å². The van der Waals surface area contributed by atoms with Crippen LogP contribution in [-0.4, -0.2) is 11.5 Å². The van der Waals surface area contributed by atoms with Gasteiger partial charge in [-0.1, -0.05) is 36.4 Å². The molecule has 3 heterocycles. The average molecular weight is 417 g/mol. The van der Waals surface area contributed by atoms with Crippen LogP contribution in [0, 0.1) is 6.92 Å². The fourth-order valence-electron chi connectivity index (χ4n) is 5.41. The van der Waals surface area contributed by atoms with Gasteiger partial charge in [-0.25, -0.2) is 4.57 Å². The maximum atomic E-state index is 6.26.